The average molecular weight is 160 g/mol. The second-order valence-corrected chi connectivity index (χ2v) is 2.61. The fraction of sp³-hybridized carbons (Fsp3) is 1.00. The molecular weight excluding hydrogens is 144 g/mol. The first-order valence-electron chi connectivity index (χ1n) is 4.04. The average Bonchev–Trinajstić information content (AvgIpc) is 2.50. The summed E-state index contributed by atoms with van der Waals surface area (Å²) in [7, 11) is 0. The Morgan fingerprint density at radius 1 is 1.27 bits per heavy atom. The Kier molecular flexibility index (Phi) is 4.45. The maximum absolute atomic E-state index is 5.26. The van der Waals surface area contributed by atoms with E-state index in [0.29, 0.717) is 12.7 Å². The minimum absolute atomic E-state index is 0.424. The fourth-order valence-corrected chi connectivity index (χ4v) is 0.980. The molecule has 2 N–H and O–H groups in total. The summed E-state index contributed by atoms with van der Waals surface area (Å²) >= 11 is 0. The largest absolute Gasteiger partial charge is 0.356 e. The molecule has 11 heavy (non-hydrogen) atoms. The number of hydrogen-bond donors (Lipinski definition) is 2. The summed E-state index contributed by atoms with van der Waals surface area (Å²) in [4.78, 5) is 0. The molecule has 1 rings (SSSR count). The quantitative estimate of drug-likeness (QED) is 0.429. The van der Waals surface area contributed by atoms with Crippen molar-refractivity contribution in [1.29, 1.82) is 0 Å². The van der Waals surface area contributed by atoms with Gasteiger partial charge in [0.05, 0.1) is 6.61 Å². The first-order chi connectivity index (χ1) is 5.43. The van der Waals surface area contributed by atoms with E-state index >= 15 is 0 Å². The molecule has 1 heterocycles. The lowest BCUT2D eigenvalue weighted by atomic mass is 10.2. The predicted octanol–water partition coefficient (Wildman–Crippen LogP) is -0.279. The summed E-state index contributed by atoms with van der Waals surface area (Å²) < 4.78 is 10.3. The van der Waals surface area contributed by atoms with Crippen LogP contribution >= 0.6 is 0 Å². The first-order valence-corrected chi connectivity index (χ1v) is 4.04. The third-order valence-corrected chi connectivity index (χ3v) is 1.63. The van der Waals surface area contributed by atoms with Crippen LogP contribution in [0, 0.1) is 5.92 Å². The maximum Gasteiger partial charge on any atom is 0.146 e. The van der Waals surface area contributed by atoms with Crippen molar-refractivity contribution in [3.8, 4) is 0 Å². The molecule has 1 fully saturated rings. The molecule has 0 spiro atoms. The topological polar surface area (TPSA) is 42.5 Å². The molecule has 0 saturated carbocycles. The number of ether oxygens (including phenoxy) is 2. The zero-order valence-corrected chi connectivity index (χ0v) is 6.93. The van der Waals surface area contributed by atoms with Crippen LogP contribution in [0.2, 0.25) is 0 Å². The van der Waals surface area contributed by atoms with Crippen molar-refractivity contribution in [2.75, 3.05) is 33.1 Å². The van der Waals surface area contributed by atoms with Crippen molar-refractivity contribution >= 4 is 0 Å². The van der Waals surface area contributed by atoms with Crippen LogP contribution in [0.5, 0.6) is 0 Å². The van der Waals surface area contributed by atoms with Crippen molar-refractivity contribution in [2.45, 2.75) is 6.92 Å². The van der Waals surface area contributed by atoms with Gasteiger partial charge in [-0.15, -0.1) is 0 Å². The monoisotopic (exact) mass is 160 g/mol. The second-order valence-electron chi connectivity index (χ2n) is 2.61. The van der Waals surface area contributed by atoms with Gasteiger partial charge in [-0.25, -0.2) is 0 Å². The van der Waals surface area contributed by atoms with Crippen LogP contribution in [0.3, 0.4) is 0 Å². The Hall–Kier alpha value is -0.160. The van der Waals surface area contributed by atoms with Crippen LogP contribution in [0.15, 0.2) is 0 Å². The molecule has 0 aromatic rings. The van der Waals surface area contributed by atoms with Crippen LogP contribution in [0.25, 0.3) is 0 Å². The SMILES string of the molecule is CCOCOCC1CNNC1. The zero-order valence-electron chi connectivity index (χ0n) is 6.93. The van der Waals surface area contributed by atoms with E-state index in [2.05, 4.69) is 10.9 Å². The summed E-state index contributed by atoms with van der Waals surface area (Å²) in [6.45, 7) is 5.87. The highest BCUT2D eigenvalue weighted by atomic mass is 16.7. The lowest BCUT2D eigenvalue weighted by molar-refractivity contribution is -0.0577. The molecule has 4 heteroatoms. The first kappa shape index (κ1) is 8.93. The lowest BCUT2D eigenvalue weighted by Crippen LogP contribution is -2.21. The van der Waals surface area contributed by atoms with Crippen LogP contribution < -0.4 is 10.9 Å². The molecule has 0 aromatic carbocycles. The van der Waals surface area contributed by atoms with E-state index in [1.54, 1.807) is 0 Å². The Labute approximate surface area is 67.2 Å². The highest BCUT2D eigenvalue weighted by molar-refractivity contribution is 4.67. The van der Waals surface area contributed by atoms with Crippen molar-refractivity contribution < 1.29 is 9.47 Å². The highest BCUT2D eigenvalue weighted by Gasteiger charge is 2.13. The van der Waals surface area contributed by atoms with Gasteiger partial charge in [0.1, 0.15) is 6.79 Å². The molecule has 4 nitrogen and oxygen atoms in total. The Balaban J connectivity index is 1.86. The predicted molar refractivity (Wildman–Crippen MR) is 41.9 cm³/mol. The van der Waals surface area contributed by atoms with Crippen molar-refractivity contribution in [3.63, 3.8) is 0 Å². The standard InChI is InChI=1S/C7H16N2O2/c1-2-10-6-11-5-7-3-8-9-4-7/h7-9H,2-6H2,1H3. The molecule has 0 aliphatic carbocycles. The molecule has 0 bridgehead atoms. The molecule has 0 radical (unpaired) electrons. The third kappa shape index (κ3) is 3.67. The molecule has 0 atom stereocenters. The second kappa shape index (κ2) is 5.49. The fourth-order valence-electron chi connectivity index (χ4n) is 0.980. The van der Waals surface area contributed by atoms with Crippen molar-refractivity contribution in [3.05, 3.63) is 0 Å². The van der Waals surface area contributed by atoms with Gasteiger partial charge in [-0.1, -0.05) is 0 Å². The number of hydrazine groups is 1. The smallest absolute Gasteiger partial charge is 0.146 e. The van der Waals surface area contributed by atoms with Gasteiger partial charge >= 0.3 is 0 Å². The summed E-state index contributed by atoms with van der Waals surface area (Å²) in [5, 5.41) is 0. The summed E-state index contributed by atoms with van der Waals surface area (Å²) in [6, 6.07) is 0. The molecular formula is C7H16N2O2. The minimum Gasteiger partial charge on any atom is -0.356 e. The lowest BCUT2D eigenvalue weighted by Gasteiger charge is -2.07. The Morgan fingerprint density at radius 3 is 2.64 bits per heavy atom. The Bertz CT molecular complexity index is 94.4. The molecule has 66 valence electrons. The van der Waals surface area contributed by atoms with E-state index < -0.39 is 0 Å². The van der Waals surface area contributed by atoms with Gasteiger partial charge in [-0.3, -0.25) is 10.9 Å². The molecule has 1 aliphatic rings. The van der Waals surface area contributed by atoms with E-state index in [0.717, 1.165) is 26.3 Å². The number of hydrogen-bond acceptors (Lipinski definition) is 4. The van der Waals surface area contributed by atoms with E-state index in [1.165, 1.54) is 0 Å². The van der Waals surface area contributed by atoms with E-state index in [4.69, 9.17) is 9.47 Å². The number of rotatable bonds is 5. The molecule has 0 aromatic heterocycles. The van der Waals surface area contributed by atoms with Crippen LogP contribution in [-0.2, 0) is 9.47 Å². The normalized spacial score (nSPS) is 19.4. The van der Waals surface area contributed by atoms with Crippen molar-refractivity contribution in [2.24, 2.45) is 5.92 Å². The molecule has 1 aliphatic heterocycles. The minimum atomic E-state index is 0.424. The summed E-state index contributed by atoms with van der Waals surface area (Å²) in [5.74, 6) is 0.593. The Morgan fingerprint density at radius 2 is 2.00 bits per heavy atom. The van der Waals surface area contributed by atoms with Crippen LogP contribution in [-0.4, -0.2) is 33.1 Å². The van der Waals surface area contributed by atoms with Crippen molar-refractivity contribution in [1.82, 2.24) is 10.9 Å². The van der Waals surface area contributed by atoms with Crippen LogP contribution in [0.1, 0.15) is 6.92 Å². The highest BCUT2D eigenvalue weighted by Crippen LogP contribution is 1.97. The van der Waals surface area contributed by atoms with Gasteiger partial charge in [0.2, 0.25) is 0 Å². The van der Waals surface area contributed by atoms with E-state index in [9.17, 15) is 0 Å². The van der Waals surface area contributed by atoms with Gasteiger partial charge in [-0.2, -0.15) is 0 Å². The number of nitrogens with one attached hydrogen (secondary N) is 2. The van der Waals surface area contributed by atoms with Gasteiger partial charge in [-0.05, 0) is 6.92 Å². The van der Waals surface area contributed by atoms with Gasteiger partial charge in [0, 0.05) is 25.6 Å². The van der Waals surface area contributed by atoms with Gasteiger partial charge in [0.15, 0.2) is 0 Å². The van der Waals surface area contributed by atoms with Gasteiger partial charge in [0.25, 0.3) is 0 Å². The molecule has 0 amide bonds. The van der Waals surface area contributed by atoms with Gasteiger partial charge < -0.3 is 9.47 Å². The molecule has 0 unspecified atom stereocenters. The molecule has 1 saturated heterocycles. The summed E-state index contributed by atoms with van der Waals surface area (Å²) in [5.41, 5.74) is 6.08. The zero-order chi connectivity index (χ0) is 7.94. The van der Waals surface area contributed by atoms with E-state index in [-0.39, 0.29) is 0 Å². The summed E-state index contributed by atoms with van der Waals surface area (Å²) in [6.07, 6.45) is 0. The maximum atomic E-state index is 5.26. The van der Waals surface area contributed by atoms with Crippen LogP contribution in [0.4, 0.5) is 0 Å². The van der Waals surface area contributed by atoms with E-state index in [1.807, 2.05) is 6.92 Å². The third-order valence-electron chi connectivity index (χ3n) is 1.63.